The number of carbonyl (C=O) groups is 1. The van der Waals surface area contributed by atoms with Crippen LogP contribution in [0.15, 0.2) is 12.1 Å². The third kappa shape index (κ3) is 1.23. The average Bonchev–Trinajstić information content (AvgIpc) is 1.97. The molecule has 0 radical (unpaired) electrons. The fourth-order valence-corrected chi connectivity index (χ4v) is 0.967. The largest absolute Gasteiger partial charge is 0.397 e. The van der Waals surface area contributed by atoms with E-state index in [4.69, 9.17) is 11.5 Å². The van der Waals surface area contributed by atoms with Crippen LogP contribution in [0, 0.1) is 5.82 Å². The molecule has 4 N–H and O–H groups in total. The minimum atomic E-state index is -0.630. The van der Waals surface area contributed by atoms with Gasteiger partial charge in [0, 0.05) is 0 Å². The first-order valence-electron chi connectivity index (χ1n) is 3.38. The first kappa shape index (κ1) is 8.52. The summed E-state index contributed by atoms with van der Waals surface area (Å²) in [4.78, 5) is 10.9. The van der Waals surface area contributed by atoms with Crippen LogP contribution in [0.5, 0.6) is 0 Å². The summed E-state index contributed by atoms with van der Waals surface area (Å²) >= 11 is 0. The minimum Gasteiger partial charge on any atom is -0.397 e. The summed E-state index contributed by atoms with van der Waals surface area (Å²) in [6.07, 6.45) is 0. The molecule has 0 saturated carbocycles. The zero-order valence-electron chi connectivity index (χ0n) is 6.60. The molecule has 1 aromatic rings. The van der Waals surface area contributed by atoms with Crippen LogP contribution in [0.4, 0.5) is 15.8 Å². The summed E-state index contributed by atoms with van der Waals surface area (Å²) < 4.78 is 12.9. The van der Waals surface area contributed by atoms with Crippen LogP contribution < -0.4 is 11.5 Å². The van der Waals surface area contributed by atoms with Gasteiger partial charge in [0.1, 0.15) is 5.82 Å². The summed E-state index contributed by atoms with van der Waals surface area (Å²) in [5.41, 5.74) is 10.9. The molecule has 0 aromatic heterocycles. The monoisotopic (exact) mass is 168 g/mol. The van der Waals surface area contributed by atoms with E-state index in [2.05, 4.69) is 0 Å². The van der Waals surface area contributed by atoms with E-state index in [0.29, 0.717) is 0 Å². The molecule has 0 spiro atoms. The van der Waals surface area contributed by atoms with Crippen molar-refractivity contribution >= 4 is 17.2 Å². The quantitative estimate of drug-likeness (QED) is 0.489. The number of nitrogens with two attached hydrogens (primary N) is 2. The molecule has 0 atom stereocenters. The highest BCUT2D eigenvalue weighted by atomic mass is 19.1. The predicted octanol–water partition coefficient (Wildman–Crippen LogP) is 1.19. The number of anilines is 2. The van der Waals surface area contributed by atoms with Gasteiger partial charge in [0.25, 0.3) is 0 Å². The van der Waals surface area contributed by atoms with Gasteiger partial charge in [-0.3, -0.25) is 4.79 Å². The number of halogens is 1. The lowest BCUT2D eigenvalue weighted by Crippen LogP contribution is -2.06. The Labute approximate surface area is 69.2 Å². The molecule has 1 rings (SSSR count). The van der Waals surface area contributed by atoms with E-state index in [9.17, 15) is 9.18 Å². The second-order valence-electron chi connectivity index (χ2n) is 2.48. The molecule has 12 heavy (non-hydrogen) atoms. The van der Waals surface area contributed by atoms with Crippen molar-refractivity contribution < 1.29 is 9.18 Å². The Bertz CT molecular complexity index is 336. The van der Waals surface area contributed by atoms with Gasteiger partial charge in [0.15, 0.2) is 5.78 Å². The first-order valence-corrected chi connectivity index (χ1v) is 3.38. The van der Waals surface area contributed by atoms with Crippen LogP contribution in [0.2, 0.25) is 0 Å². The van der Waals surface area contributed by atoms with Gasteiger partial charge in [-0.1, -0.05) is 0 Å². The highest BCUT2D eigenvalue weighted by Crippen LogP contribution is 2.22. The molecule has 0 aliphatic rings. The van der Waals surface area contributed by atoms with E-state index in [0.717, 1.165) is 6.07 Å². The summed E-state index contributed by atoms with van der Waals surface area (Å²) in [7, 11) is 0. The summed E-state index contributed by atoms with van der Waals surface area (Å²) in [5, 5.41) is 0. The molecule has 0 amide bonds. The fraction of sp³-hybridized carbons (Fsp3) is 0.125. The normalized spacial score (nSPS) is 9.83. The van der Waals surface area contributed by atoms with Crippen LogP contribution in [-0.4, -0.2) is 5.78 Å². The van der Waals surface area contributed by atoms with Crippen molar-refractivity contribution in [2.45, 2.75) is 6.92 Å². The molecule has 0 aliphatic carbocycles. The maximum absolute atomic E-state index is 12.9. The molecule has 0 aliphatic heterocycles. The van der Waals surface area contributed by atoms with Crippen LogP contribution in [0.3, 0.4) is 0 Å². The summed E-state index contributed by atoms with van der Waals surface area (Å²) in [6, 6.07) is 2.46. The third-order valence-corrected chi connectivity index (χ3v) is 1.58. The molecule has 0 saturated heterocycles. The highest BCUT2D eigenvalue weighted by molar-refractivity contribution is 6.01. The SMILES string of the molecule is CC(=O)c1c(F)ccc(N)c1N. The number of carbonyl (C=O) groups excluding carboxylic acids is 1. The molecule has 0 fully saturated rings. The highest BCUT2D eigenvalue weighted by Gasteiger charge is 2.12. The smallest absolute Gasteiger partial charge is 0.164 e. The van der Waals surface area contributed by atoms with Gasteiger partial charge in [0.2, 0.25) is 0 Å². The van der Waals surface area contributed by atoms with Crippen molar-refractivity contribution in [2.24, 2.45) is 0 Å². The third-order valence-electron chi connectivity index (χ3n) is 1.58. The van der Waals surface area contributed by atoms with Gasteiger partial charge in [0.05, 0.1) is 16.9 Å². The number of hydrogen-bond donors (Lipinski definition) is 2. The first-order chi connectivity index (χ1) is 5.54. The molecule has 1 aromatic carbocycles. The maximum atomic E-state index is 12.9. The van der Waals surface area contributed by atoms with E-state index < -0.39 is 11.6 Å². The Morgan fingerprint density at radius 2 is 2.00 bits per heavy atom. The van der Waals surface area contributed by atoms with Gasteiger partial charge < -0.3 is 11.5 Å². The summed E-state index contributed by atoms with van der Waals surface area (Å²) in [6.45, 7) is 1.24. The van der Waals surface area contributed by atoms with E-state index in [-0.39, 0.29) is 16.9 Å². The van der Waals surface area contributed by atoms with E-state index in [1.165, 1.54) is 13.0 Å². The van der Waals surface area contributed by atoms with Gasteiger partial charge >= 0.3 is 0 Å². The molecule has 64 valence electrons. The lowest BCUT2D eigenvalue weighted by molar-refractivity contribution is 0.101. The van der Waals surface area contributed by atoms with Crippen molar-refractivity contribution in [1.82, 2.24) is 0 Å². The molecule has 0 bridgehead atoms. The Hall–Kier alpha value is -1.58. The van der Waals surface area contributed by atoms with Crippen LogP contribution in [0.25, 0.3) is 0 Å². The van der Waals surface area contributed by atoms with Crippen LogP contribution >= 0.6 is 0 Å². The van der Waals surface area contributed by atoms with Crippen molar-refractivity contribution in [1.29, 1.82) is 0 Å². The van der Waals surface area contributed by atoms with Crippen LogP contribution in [0.1, 0.15) is 17.3 Å². The van der Waals surface area contributed by atoms with E-state index in [1.807, 2.05) is 0 Å². The molecule has 0 unspecified atom stereocenters. The molecule has 0 heterocycles. The number of hydrogen-bond acceptors (Lipinski definition) is 3. The zero-order chi connectivity index (χ0) is 9.30. The van der Waals surface area contributed by atoms with Gasteiger partial charge in [-0.15, -0.1) is 0 Å². The number of ketones is 1. The maximum Gasteiger partial charge on any atom is 0.164 e. The number of rotatable bonds is 1. The Balaban J connectivity index is 3.43. The Kier molecular flexibility index (Phi) is 1.99. The van der Waals surface area contributed by atoms with Crippen molar-refractivity contribution in [3.63, 3.8) is 0 Å². The lowest BCUT2D eigenvalue weighted by Gasteiger charge is -2.05. The zero-order valence-corrected chi connectivity index (χ0v) is 6.60. The number of Topliss-reactive ketones (excluding diaryl/α,β-unsaturated/α-hetero) is 1. The molecule has 3 nitrogen and oxygen atoms in total. The Morgan fingerprint density at radius 3 is 2.42 bits per heavy atom. The topological polar surface area (TPSA) is 69.1 Å². The summed E-state index contributed by atoms with van der Waals surface area (Å²) in [5.74, 6) is -1.05. The van der Waals surface area contributed by atoms with Crippen LogP contribution in [-0.2, 0) is 0 Å². The predicted molar refractivity (Wildman–Crippen MR) is 45.2 cm³/mol. The molecular weight excluding hydrogens is 159 g/mol. The van der Waals surface area contributed by atoms with E-state index in [1.54, 1.807) is 0 Å². The molecule has 4 heteroatoms. The Morgan fingerprint density at radius 1 is 1.42 bits per heavy atom. The number of benzene rings is 1. The van der Waals surface area contributed by atoms with Gasteiger partial charge in [-0.2, -0.15) is 0 Å². The van der Waals surface area contributed by atoms with E-state index >= 15 is 0 Å². The second kappa shape index (κ2) is 2.81. The van der Waals surface area contributed by atoms with Crippen molar-refractivity contribution in [3.05, 3.63) is 23.5 Å². The van der Waals surface area contributed by atoms with Gasteiger partial charge in [-0.05, 0) is 19.1 Å². The number of nitrogen functional groups attached to an aromatic ring is 2. The average molecular weight is 168 g/mol. The lowest BCUT2D eigenvalue weighted by atomic mass is 10.1. The van der Waals surface area contributed by atoms with Gasteiger partial charge in [-0.25, -0.2) is 4.39 Å². The molecular formula is C8H9FN2O. The fourth-order valence-electron chi connectivity index (χ4n) is 0.967. The van der Waals surface area contributed by atoms with Crippen molar-refractivity contribution in [3.8, 4) is 0 Å². The second-order valence-corrected chi connectivity index (χ2v) is 2.48. The standard InChI is InChI=1S/C8H9FN2O/c1-4(12)7-5(9)2-3-6(10)8(7)11/h2-3H,10-11H2,1H3. The van der Waals surface area contributed by atoms with Crippen molar-refractivity contribution in [2.75, 3.05) is 11.5 Å². The minimum absolute atomic E-state index is 0.0162.